The van der Waals surface area contributed by atoms with Gasteiger partial charge < -0.3 is 10.2 Å². The molecule has 0 heterocycles. The summed E-state index contributed by atoms with van der Waals surface area (Å²) >= 11 is -2.50. The maximum absolute atomic E-state index is 12.0. The fourth-order valence-electron chi connectivity index (χ4n) is 3.00. The lowest BCUT2D eigenvalue weighted by Crippen LogP contribution is -2.19. The molecule has 3 aromatic carbocycles. The zero-order valence-electron chi connectivity index (χ0n) is 15.3. The number of phenols is 1. The van der Waals surface area contributed by atoms with Gasteiger partial charge in [-0.2, -0.15) is 0 Å². The van der Waals surface area contributed by atoms with Crippen molar-refractivity contribution in [3.05, 3.63) is 77.9 Å². The minimum Gasteiger partial charge on any atom is -0.507 e. The van der Waals surface area contributed by atoms with Gasteiger partial charge in [0.2, 0.25) is 0 Å². The van der Waals surface area contributed by atoms with E-state index in [1.165, 1.54) is 13.0 Å². The summed E-state index contributed by atoms with van der Waals surface area (Å²) in [4.78, 5) is 23.0. The van der Waals surface area contributed by atoms with Crippen LogP contribution in [-0.2, 0) is 11.3 Å². The van der Waals surface area contributed by atoms with E-state index in [4.69, 9.17) is 5.11 Å². The molecule has 0 aliphatic rings. The summed E-state index contributed by atoms with van der Waals surface area (Å²) in [7, 11) is 0. The molecule has 148 valence electrons. The van der Waals surface area contributed by atoms with E-state index in [0.717, 1.165) is 16.4 Å². The van der Waals surface area contributed by atoms with Crippen LogP contribution in [0.1, 0.15) is 27.6 Å². The highest BCUT2D eigenvalue weighted by atomic mass is 32.2. The number of carbonyl (C=O) groups is 2. The zero-order valence-corrected chi connectivity index (χ0v) is 16.1. The number of aromatic carboxylic acids is 1. The normalized spacial score (nSPS) is 11.7. The number of anilines is 2. The zero-order chi connectivity index (χ0) is 21.1. The Kier molecular flexibility index (Phi) is 5.76. The van der Waals surface area contributed by atoms with E-state index in [1.807, 2.05) is 0 Å². The number of carboxylic acids is 1. The molecule has 29 heavy (non-hydrogen) atoms. The Morgan fingerprint density at radius 3 is 2.21 bits per heavy atom. The van der Waals surface area contributed by atoms with Gasteiger partial charge in [0.25, 0.3) is 11.3 Å². The van der Waals surface area contributed by atoms with Gasteiger partial charge in [-0.25, -0.2) is 13.3 Å². The van der Waals surface area contributed by atoms with Gasteiger partial charge in [0.05, 0.1) is 11.4 Å². The third kappa shape index (κ3) is 4.18. The molecular formula is C21H17NO6S. The Morgan fingerprint density at radius 1 is 0.897 bits per heavy atom. The number of hydrogen-bond acceptors (Lipinski definition) is 4. The van der Waals surface area contributed by atoms with E-state index in [9.17, 15) is 23.5 Å². The minimum absolute atomic E-state index is 0.109. The predicted octanol–water partition coefficient (Wildman–Crippen LogP) is 4.23. The van der Waals surface area contributed by atoms with Crippen LogP contribution in [0, 0.1) is 0 Å². The predicted molar refractivity (Wildman–Crippen MR) is 110 cm³/mol. The summed E-state index contributed by atoms with van der Waals surface area (Å²) in [5.41, 5.74) is 1.99. The Labute approximate surface area is 169 Å². The molecule has 3 rings (SSSR count). The van der Waals surface area contributed by atoms with Crippen molar-refractivity contribution in [1.82, 2.24) is 0 Å². The monoisotopic (exact) mass is 411 g/mol. The third-order valence-electron chi connectivity index (χ3n) is 4.30. The van der Waals surface area contributed by atoms with Crippen LogP contribution in [0.25, 0.3) is 11.1 Å². The maximum Gasteiger partial charge on any atom is 0.339 e. The Balaban J connectivity index is 2.10. The molecule has 3 N–H and O–H groups in total. The average Bonchev–Trinajstić information content (AvgIpc) is 2.68. The number of hydrogen-bond donors (Lipinski definition) is 3. The van der Waals surface area contributed by atoms with Gasteiger partial charge in [0, 0.05) is 11.6 Å². The first-order valence-corrected chi connectivity index (χ1v) is 9.53. The number of nitrogens with zero attached hydrogens (tertiary/aromatic N) is 1. The summed E-state index contributed by atoms with van der Waals surface area (Å²) < 4.78 is 22.9. The molecular weight excluding hydrogens is 394 g/mol. The molecule has 1 atom stereocenters. The molecule has 7 nitrogen and oxygen atoms in total. The molecule has 0 fully saturated rings. The van der Waals surface area contributed by atoms with Crippen molar-refractivity contribution >= 4 is 34.4 Å². The number of benzene rings is 3. The second-order valence-electron chi connectivity index (χ2n) is 6.18. The van der Waals surface area contributed by atoms with Crippen molar-refractivity contribution in [1.29, 1.82) is 0 Å². The first-order chi connectivity index (χ1) is 13.8. The van der Waals surface area contributed by atoms with E-state index in [2.05, 4.69) is 0 Å². The lowest BCUT2D eigenvalue weighted by Gasteiger charge is -2.21. The second kappa shape index (κ2) is 8.26. The van der Waals surface area contributed by atoms with Crippen molar-refractivity contribution < 1.29 is 28.6 Å². The molecule has 0 amide bonds. The molecule has 0 radical (unpaired) electrons. The molecule has 0 spiro atoms. The second-order valence-corrected chi connectivity index (χ2v) is 7.01. The number of rotatable bonds is 6. The van der Waals surface area contributed by atoms with Crippen molar-refractivity contribution in [3.8, 4) is 16.9 Å². The number of Topliss-reactive ketones (excluding diaryl/α,β-unsaturated/α-hetero) is 1. The number of ketones is 1. The molecule has 0 saturated carbocycles. The number of aromatic hydroxyl groups is 1. The van der Waals surface area contributed by atoms with Crippen molar-refractivity contribution in [3.63, 3.8) is 0 Å². The van der Waals surface area contributed by atoms with Crippen LogP contribution in [0.2, 0.25) is 0 Å². The molecule has 0 aliphatic heterocycles. The Hall–Kier alpha value is -3.49. The van der Waals surface area contributed by atoms with Crippen molar-refractivity contribution in [2.24, 2.45) is 0 Å². The van der Waals surface area contributed by atoms with Gasteiger partial charge in [0.15, 0.2) is 5.78 Å². The number of carbonyl (C=O) groups excluding carboxylic acids is 1. The summed E-state index contributed by atoms with van der Waals surface area (Å²) in [5, 5.41) is 19.0. The fourth-order valence-corrected chi connectivity index (χ4v) is 3.59. The highest BCUT2D eigenvalue weighted by molar-refractivity contribution is 7.81. The van der Waals surface area contributed by atoms with Crippen LogP contribution >= 0.6 is 0 Å². The Bertz CT molecular complexity index is 1130. The molecule has 0 aromatic heterocycles. The summed E-state index contributed by atoms with van der Waals surface area (Å²) in [6, 6.07) is 17.3. The lowest BCUT2D eigenvalue weighted by molar-refractivity contribution is 0.0693. The highest BCUT2D eigenvalue weighted by Gasteiger charge is 2.19. The molecule has 8 heteroatoms. The average molecular weight is 411 g/mol. The van der Waals surface area contributed by atoms with Gasteiger partial charge in [-0.1, -0.05) is 36.4 Å². The quantitative estimate of drug-likeness (QED) is 0.413. The van der Waals surface area contributed by atoms with Crippen molar-refractivity contribution in [2.75, 3.05) is 4.31 Å². The summed E-state index contributed by atoms with van der Waals surface area (Å²) in [6.07, 6.45) is 0. The van der Waals surface area contributed by atoms with Crippen LogP contribution < -0.4 is 4.31 Å². The standard InChI is InChI=1S/C21H17NO6S/c1-13(23)17-7-2-3-8-18(17)14-5-4-6-15(11-14)22(29(27)28)16-9-10-19(21(25)26)20(24)12-16/h2-12,24H,1H3,(H,25,26)(H,27,28). The van der Waals surface area contributed by atoms with E-state index < -0.39 is 23.0 Å². The molecule has 0 aliphatic carbocycles. The molecule has 3 aromatic rings. The molecule has 0 bridgehead atoms. The van der Waals surface area contributed by atoms with E-state index >= 15 is 0 Å². The van der Waals surface area contributed by atoms with Crippen LogP contribution in [0.5, 0.6) is 5.75 Å². The van der Waals surface area contributed by atoms with Gasteiger partial charge in [0.1, 0.15) is 11.3 Å². The molecule has 0 saturated heterocycles. The van der Waals surface area contributed by atoms with Gasteiger partial charge >= 0.3 is 5.97 Å². The van der Waals surface area contributed by atoms with Crippen molar-refractivity contribution in [2.45, 2.75) is 6.92 Å². The summed E-state index contributed by atoms with van der Waals surface area (Å²) in [5.74, 6) is -1.94. The van der Waals surface area contributed by atoms with Gasteiger partial charge in [-0.3, -0.25) is 9.35 Å². The van der Waals surface area contributed by atoms with Crippen LogP contribution in [0.4, 0.5) is 11.4 Å². The Morgan fingerprint density at radius 2 is 1.59 bits per heavy atom. The minimum atomic E-state index is -2.50. The molecule has 1 unspecified atom stereocenters. The number of carboxylic acid groups (broad SMARTS) is 1. The van der Waals surface area contributed by atoms with Crippen LogP contribution in [-0.4, -0.2) is 30.7 Å². The van der Waals surface area contributed by atoms with E-state index in [-0.39, 0.29) is 17.0 Å². The summed E-state index contributed by atoms with van der Waals surface area (Å²) in [6.45, 7) is 1.46. The highest BCUT2D eigenvalue weighted by Crippen LogP contribution is 2.34. The first kappa shape index (κ1) is 20.2. The van der Waals surface area contributed by atoms with Crippen LogP contribution in [0.3, 0.4) is 0 Å². The largest absolute Gasteiger partial charge is 0.507 e. The SMILES string of the molecule is CC(=O)c1ccccc1-c1cccc(N(c2ccc(C(=O)O)c(O)c2)S(=O)O)c1. The van der Waals surface area contributed by atoms with Crippen LogP contribution in [0.15, 0.2) is 66.7 Å². The smallest absolute Gasteiger partial charge is 0.339 e. The maximum atomic E-state index is 12.0. The fraction of sp³-hybridized carbons (Fsp3) is 0.0476. The lowest BCUT2D eigenvalue weighted by atomic mass is 9.97. The van der Waals surface area contributed by atoms with E-state index in [0.29, 0.717) is 22.4 Å². The van der Waals surface area contributed by atoms with Gasteiger partial charge in [-0.15, -0.1) is 0 Å². The van der Waals surface area contributed by atoms with E-state index in [1.54, 1.807) is 48.5 Å². The first-order valence-electron chi connectivity index (χ1n) is 8.47. The topological polar surface area (TPSA) is 115 Å². The van der Waals surface area contributed by atoms with Gasteiger partial charge in [-0.05, 0) is 42.3 Å². The third-order valence-corrected chi connectivity index (χ3v) is 5.03.